The zero-order valence-electron chi connectivity index (χ0n) is 11.7. The van der Waals surface area contributed by atoms with Crippen molar-refractivity contribution in [3.8, 4) is 0 Å². The summed E-state index contributed by atoms with van der Waals surface area (Å²) < 4.78 is 28.3. The monoisotopic (exact) mass is 329 g/mol. The third kappa shape index (κ3) is 3.37. The molecule has 0 fully saturated rings. The van der Waals surface area contributed by atoms with Crippen molar-refractivity contribution in [1.29, 1.82) is 0 Å². The molecule has 2 rings (SSSR count). The second kappa shape index (κ2) is 6.73. The lowest BCUT2D eigenvalue weighted by atomic mass is 9.96. The van der Waals surface area contributed by atoms with Gasteiger partial charge in [0.05, 0.1) is 0 Å². The maximum atomic E-state index is 14.3. The molecular formula is C16H15Cl2F2N. The molecule has 0 heterocycles. The summed E-state index contributed by atoms with van der Waals surface area (Å²) in [4.78, 5) is 0. The molecule has 1 atom stereocenters. The smallest absolute Gasteiger partial charge is 0.133 e. The van der Waals surface area contributed by atoms with E-state index in [0.717, 1.165) is 0 Å². The van der Waals surface area contributed by atoms with Gasteiger partial charge in [0.25, 0.3) is 0 Å². The molecule has 1 nitrogen and oxygen atoms in total. The van der Waals surface area contributed by atoms with Crippen molar-refractivity contribution >= 4 is 23.2 Å². The van der Waals surface area contributed by atoms with Crippen molar-refractivity contribution in [3.63, 3.8) is 0 Å². The number of hydrogen-bond donors (Lipinski definition) is 1. The zero-order valence-corrected chi connectivity index (χ0v) is 13.2. The van der Waals surface area contributed by atoms with Gasteiger partial charge in [-0.2, -0.15) is 0 Å². The molecule has 0 radical (unpaired) electrons. The Kier molecular flexibility index (Phi) is 5.20. The summed E-state index contributed by atoms with van der Waals surface area (Å²) in [6, 6.07) is 7.28. The quantitative estimate of drug-likeness (QED) is 0.824. The Morgan fingerprint density at radius 1 is 1.10 bits per heavy atom. The Morgan fingerprint density at radius 3 is 2.29 bits per heavy atom. The average molecular weight is 330 g/mol. The lowest BCUT2D eigenvalue weighted by Crippen LogP contribution is -2.22. The molecule has 2 aromatic carbocycles. The second-order valence-corrected chi connectivity index (χ2v) is 5.65. The first-order chi connectivity index (χ1) is 9.95. The van der Waals surface area contributed by atoms with Crippen molar-refractivity contribution in [2.45, 2.75) is 19.4 Å². The van der Waals surface area contributed by atoms with Crippen molar-refractivity contribution in [2.75, 3.05) is 7.05 Å². The predicted molar refractivity (Wildman–Crippen MR) is 83.1 cm³/mol. The second-order valence-electron chi connectivity index (χ2n) is 4.84. The predicted octanol–water partition coefficient (Wildman–Crippen LogP) is 5.08. The summed E-state index contributed by atoms with van der Waals surface area (Å²) >= 11 is 12.3. The van der Waals surface area contributed by atoms with Crippen LogP contribution in [0.15, 0.2) is 30.3 Å². The van der Waals surface area contributed by atoms with Crippen LogP contribution in [-0.4, -0.2) is 7.05 Å². The van der Waals surface area contributed by atoms with Crippen molar-refractivity contribution < 1.29 is 8.78 Å². The Balaban J connectivity index is 2.44. The molecule has 1 N–H and O–H groups in total. The first-order valence-electron chi connectivity index (χ1n) is 6.50. The van der Waals surface area contributed by atoms with Crippen LogP contribution in [0.5, 0.6) is 0 Å². The van der Waals surface area contributed by atoms with Gasteiger partial charge in [0, 0.05) is 21.7 Å². The van der Waals surface area contributed by atoms with E-state index in [1.807, 2.05) is 0 Å². The molecule has 0 amide bonds. The normalized spacial score (nSPS) is 12.5. The first-order valence-corrected chi connectivity index (χ1v) is 7.26. The molecule has 0 bridgehead atoms. The van der Waals surface area contributed by atoms with Crippen LogP contribution in [0.25, 0.3) is 0 Å². The summed E-state index contributed by atoms with van der Waals surface area (Å²) in [7, 11) is 1.65. The number of aryl methyl sites for hydroxylation is 1. The molecule has 0 saturated carbocycles. The zero-order chi connectivity index (χ0) is 15.6. The van der Waals surface area contributed by atoms with Crippen LogP contribution in [0.3, 0.4) is 0 Å². The third-order valence-electron chi connectivity index (χ3n) is 3.49. The van der Waals surface area contributed by atoms with E-state index in [1.165, 1.54) is 12.1 Å². The molecule has 0 spiro atoms. The van der Waals surface area contributed by atoms with Gasteiger partial charge in [0.1, 0.15) is 11.6 Å². The fourth-order valence-corrected chi connectivity index (χ4v) is 2.83. The van der Waals surface area contributed by atoms with E-state index in [2.05, 4.69) is 5.32 Å². The number of nitrogens with one attached hydrogen (secondary N) is 1. The molecule has 0 saturated heterocycles. The highest BCUT2D eigenvalue weighted by atomic mass is 35.5. The fraction of sp³-hybridized carbons (Fsp3) is 0.250. The van der Waals surface area contributed by atoms with E-state index in [9.17, 15) is 8.78 Å². The van der Waals surface area contributed by atoms with Crippen LogP contribution in [0.2, 0.25) is 10.0 Å². The van der Waals surface area contributed by atoms with Gasteiger partial charge in [0.15, 0.2) is 0 Å². The minimum absolute atomic E-state index is 0.00786. The average Bonchev–Trinajstić information content (AvgIpc) is 2.45. The maximum absolute atomic E-state index is 14.3. The van der Waals surface area contributed by atoms with Gasteiger partial charge in [-0.05, 0) is 49.7 Å². The molecule has 0 aliphatic rings. The molecule has 0 aliphatic heterocycles. The fourth-order valence-electron chi connectivity index (χ4n) is 2.28. The number of halogens is 4. The van der Waals surface area contributed by atoms with Gasteiger partial charge in [-0.25, -0.2) is 8.78 Å². The molecule has 0 aromatic heterocycles. The van der Waals surface area contributed by atoms with Crippen LogP contribution in [0.4, 0.5) is 8.78 Å². The Hall–Kier alpha value is -1.16. The van der Waals surface area contributed by atoms with E-state index < -0.39 is 17.7 Å². The van der Waals surface area contributed by atoms with E-state index >= 15 is 0 Å². The van der Waals surface area contributed by atoms with E-state index in [-0.39, 0.29) is 5.56 Å². The molecule has 5 heteroatoms. The number of rotatable bonds is 4. The number of benzene rings is 2. The summed E-state index contributed by atoms with van der Waals surface area (Å²) in [5.41, 5.74) is 1.07. The summed E-state index contributed by atoms with van der Waals surface area (Å²) in [5.74, 6) is -1.13. The summed E-state index contributed by atoms with van der Waals surface area (Å²) in [5, 5.41) is 3.90. The van der Waals surface area contributed by atoms with Gasteiger partial charge in [-0.1, -0.05) is 35.3 Å². The van der Waals surface area contributed by atoms with Gasteiger partial charge < -0.3 is 5.32 Å². The van der Waals surface area contributed by atoms with Crippen molar-refractivity contribution in [2.24, 2.45) is 0 Å². The third-order valence-corrected chi connectivity index (χ3v) is 4.19. The molecule has 0 aliphatic carbocycles. The van der Waals surface area contributed by atoms with Crippen LogP contribution >= 0.6 is 23.2 Å². The number of likely N-dealkylation sites (N-methyl/N-ethyl adjacent to an activating group) is 1. The van der Waals surface area contributed by atoms with Crippen molar-refractivity contribution in [3.05, 3.63) is 68.7 Å². The maximum Gasteiger partial charge on any atom is 0.133 e. The topological polar surface area (TPSA) is 12.0 Å². The van der Waals surface area contributed by atoms with Crippen molar-refractivity contribution in [1.82, 2.24) is 5.32 Å². The molecule has 1 unspecified atom stereocenters. The SMILES string of the molecule is CNC(Cc1c(Cl)cccc1Cl)c1c(F)ccc(C)c1F. The Bertz CT molecular complexity index is 639. The molecule has 112 valence electrons. The van der Waals surface area contributed by atoms with Gasteiger partial charge in [-0.3, -0.25) is 0 Å². The first kappa shape index (κ1) is 16.2. The molecule has 21 heavy (non-hydrogen) atoms. The number of hydrogen-bond acceptors (Lipinski definition) is 1. The van der Waals surface area contributed by atoms with Gasteiger partial charge >= 0.3 is 0 Å². The standard InChI is InChI=1S/C16H15Cl2F2N/c1-9-6-7-13(19)15(16(9)20)14(21-2)8-10-11(17)4-3-5-12(10)18/h3-7,14,21H,8H2,1-2H3. The Labute approximate surface area is 132 Å². The van der Waals surface area contributed by atoms with E-state index in [1.54, 1.807) is 32.2 Å². The van der Waals surface area contributed by atoms with Crippen LogP contribution in [0, 0.1) is 18.6 Å². The largest absolute Gasteiger partial charge is 0.313 e. The summed E-state index contributed by atoms with van der Waals surface area (Å²) in [6.07, 6.45) is 0.298. The summed E-state index contributed by atoms with van der Waals surface area (Å²) in [6.45, 7) is 1.60. The van der Waals surface area contributed by atoms with Crippen LogP contribution < -0.4 is 5.32 Å². The highest BCUT2D eigenvalue weighted by Gasteiger charge is 2.22. The highest BCUT2D eigenvalue weighted by Crippen LogP contribution is 2.31. The highest BCUT2D eigenvalue weighted by molar-refractivity contribution is 6.36. The molecule has 2 aromatic rings. The Morgan fingerprint density at radius 2 is 1.71 bits per heavy atom. The minimum Gasteiger partial charge on any atom is -0.313 e. The van der Waals surface area contributed by atoms with Crippen LogP contribution in [-0.2, 0) is 6.42 Å². The van der Waals surface area contributed by atoms with E-state index in [4.69, 9.17) is 23.2 Å². The van der Waals surface area contributed by atoms with Crippen LogP contribution in [0.1, 0.15) is 22.7 Å². The van der Waals surface area contributed by atoms with E-state index in [0.29, 0.717) is 27.6 Å². The lowest BCUT2D eigenvalue weighted by molar-refractivity contribution is 0.486. The molecular weight excluding hydrogens is 315 g/mol. The van der Waals surface area contributed by atoms with Gasteiger partial charge in [-0.15, -0.1) is 0 Å². The van der Waals surface area contributed by atoms with Gasteiger partial charge in [0.2, 0.25) is 0 Å². The lowest BCUT2D eigenvalue weighted by Gasteiger charge is -2.20. The minimum atomic E-state index is -0.583.